The van der Waals surface area contributed by atoms with Gasteiger partial charge in [-0.15, -0.1) is 0 Å². The van der Waals surface area contributed by atoms with Gasteiger partial charge < -0.3 is 9.32 Å². The molecule has 0 spiro atoms. The number of hydrogen-bond acceptors (Lipinski definition) is 5. The van der Waals surface area contributed by atoms with Crippen LogP contribution in [-0.2, 0) is 0 Å². The second-order valence-electron chi connectivity index (χ2n) is 14.5. The van der Waals surface area contributed by atoms with Gasteiger partial charge in [-0.3, -0.25) is 4.57 Å². The van der Waals surface area contributed by atoms with Crippen molar-refractivity contribution in [2.24, 2.45) is 0 Å². The number of anilines is 3. The topological polar surface area (TPSA) is 60.0 Å². The lowest BCUT2D eigenvalue weighted by Crippen LogP contribution is -2.09. The Morgan fingerprint density at radius 2 is 0.966 bits per heavy atom. The van der Waals surface area contributed by atoms with Crippen LogP contribution in [0.1, 0.15) is 0 Å². The number of para-hydroxylation sites is 2. The van der Waals surface area contributed by atoms with Gasteiger partial charge in [0, 0.05) is 50.6 Å². The summed E-state index contributed by atoms with van der Waals surface area (Å²) in [6, 6.07) is 73.2. The Morgan fingerprint density at radius 1 is 0.407 bits per heavy atom. The Morgan fingerprint density at radius 3 is 1.61 bits per heavy atom. The van der Waals surface area contributed by atoms with Gasteiger partial charge in [-0.05, 0) is 83.9 Å². The normalized spacial score (nSPS) is 11.4. The molecule has 0 bridgehead atoms. The molecular weight excluding hydrogens is 723 g/mol. The predicted octanol–water partition coefficient (Wildman–Crippen LogP) is 13.9. The van der Waals surface area contributed by atoms with Crippen molar-refractivity contribution >= 4 is 50.0 Å². The molecule has 0 amide bonds. The smallest absolute Gasteiger partial charge is 0.227 e. The van der Waals surface area contributed by atoms with E-state index < -0.39 is 0 Å². The Hall–Kier alpha value is -8.09. The first kappa shape index (κ1) is 34.2. The standard InChI is InChI=1S/C53H35N5O/c1-6-16-37(17-7-1)47-35-49(56-52(54-47)38-18-8-2-9-19-38)58-48-33-28-40(34-45(48)44-31-32-46-51(50(44)58)59-53(55-46)39-20-10-3-11-21-39)36-26-29-43(30-27-36)57(41-22-12-4-13-23-41)42-24-14-5-15-25-42/h1-35H. The summed E-state index contributed by atoms with van der Waals surface area (Å²) in [7, 11) is 0. The maximum absolute atomic E-state index is 6.73. The van der Waals surface area contributed by atoms with E-state index in [0.29, 0.717) is 17.3 Å². The zero-order chi connectivity index (χ0) is 39.1. The molecule has 11 aromatic rings. The molecule has 3 heterocycles. The van der Waals surface area contributed by atoms with Gasteiger partial charge in [0.15, 0.2) is 11.4 Å². The van der Waals surface area contributed by atoms with Gasteiger partial charge in [-0.1, -0.05) is 133 Å². The maximum Gasteiger partial charge on any atom is 0.227 e. The average molecular weight is 758 g/mol. The molecule has 0 atom stereocenters. The summed E-state index contributed by atoms with van der Waals surface area (Å²) < 4.78 is 8.95. The van der Waals surface area contributed by atoms with Crippen molar-refractivity contribution in [1.82, 2.24) is 19.5 Å². The van der Waals surface area contributed by atoms with Crippen molar-refractivity contribution in [2.45, 2.75) is 0 Å². The van der Waals surface area contributed by atoms with Gasteiger partial charge in [0.05, 0.1) is 11.2 Å². The molecule has 0 aliphatic rings. The number of rotatable bonds is 8. The van der Waals surface area contributed by atoms with E-state index in [1.165, 1.54) is 0 Å². The highest BCUT2D eigenvalue weighted by atomic mass is 16.3. The minimum absolute atomic E-state index is 0.573. The number of aromatic nitrogens is 4. The van der Waals surface area contributed by atoms with Gasteiger partial charge in [0.1, 0.15) is 16.9 Å². The van der Waals surface area contributed by atoms with E-state index in [0.717, 1.165) is 83.7 Å². The molecule has 0 fully saturated rings. The van der Waals surface area contributed by atoms with Gasteiger partial charge in [-0.25, -0.2) is 15.0 Å². The molecule has 59 heavy (non-hydrogen) atoms. The van der Waals surface area contributed by atoms with Crippen molar-refractivity contribution < 1.29 is 4.42 Å². The first-order valence-electron chi connectivity index (χ1n) is 19.7. The Labute approximate surface area is 341 Å². The molecule has 0 N–H and O–H groups in total. The number of benzene rings is 8. The zero-order valence-electron chi connectivity index (χ0n) is 31.9. The molecule has 6 heteroatoms. The summed E-state index contributed by atoms with van der Waals surface area (Å²) in [6.45, 7) is 0. The second-order valence-corrected chi connectivity index (χ2v) is 14.5. The molecule has 0 aliphatic heterocycles. The Bertz CT molecular complexity index is 3140. The molecule has 11 rings (SSSR count). The van der Waals surface area contributed by atoms with Crippen LogP contribution in [0.2, 0.25) is 0 Å². The molecule has 278 valence electrons. The highest BCUT2D eigenvalue weighted by Gasteiger charge is 2.22. The summed E-state index contributed by atoms with van der Waals surface area (Å²) in [4.78, 5) is 17.6. The molecular formula is C53H35N5O. The van der Waals surface area contributed by atoms with E-state index >= 15 is 0 Å². The lowest BCUT2D eigenvalue weighted by Gasteiger charge is -2.25. The van der Waals surface area contributed by atoms with Gasteiger partial charge >= 0.3 is 0 Å². The highest BCUT2D eigenvalue weighted by Crippen LogP contribution is 2.41. The van der Waals surface area contributed by atoms with E-state index in [2.05, 4.69) is 143 Å². The minimum Gasteiger partial charge on any atom is -0.434 e. The SMILES string of the molecule is c1ccc(-c2cc(-n3c4ccc(-c5ccc(N(c6ccccc6)c6ccccc6)cc5)cc4c4ccc5nc(-c6ccccc6)oc5c43)nc(-c3ccccc3)n2)cc1. The van der Waals surface area contributed by atoms with Gasteiger partial charge in [-0.2, -0.15) is 0 Å². The van der Waals surface area contributed by atoms with E-state index in [4.69, 9.17) is 19.4 Å². The molecule has 6 nitrogen and oxygen atoms in total. The molecule has 0 unspecified atom stereocenters. The number of fused-ring (bicyclic) bond motifs is 5. The quantitative estimate of drug-likeness (QED) is 0.154. The van der Waals surface area contributed by atoms with Crippen molar-refractivity contribution in [3.8, 4) is 51.0 Å². The van der Waals surface area contributed by atoms with Crippen LogP contribution in [0.5, 0.6) is 0 Å². The average Bonchev–Trinajstić information content (AvgIpc) is 3.90. The Balaban J connectivity index is 1.11. The van der Waals surface area contributed by atoms with Crippen LogP contribution >= 0.6 is 0 Å². The highest BCUT2D eigenvalue weighted by molar-refractivity contribution is 6.17. The van der Waals surface area contributed by atoms with Crippen LogP contribution < -0.4 is 4.90 Å². The summed E-state index contributed by atoms with van der Waals surface area (Å²) in [5.41, 5.74) is 12.6. The predicted molar refractivity (Wildman–Crippen MR) is 240 cm³/mol. The maximum atomic E-state index is 6.73. The fraction of sp³-hybridized carbons (Fsp3) is 0. The number of hydrogen-bond donors (Lipinski definition) is 0. The zero-order valence-corrected chi connectivity index (χ0v) is 31.9. The summed E-state index contributed by atoms with van der Waals surface area (Å²) in [5.74, 6) is 1.95. The minimum atomic E-state index is 0.573. The third kappa shape index (κ3) is 6.20. The molecule has 0 aliphatic carbocycles. The largest absolute Gasteiger partial charge is 0.434 e. The van der Waals surface area contributed by atoms with Gasteiger partial charge in [0.25, 0.3) is 0 Å². The summed E-state index contributed by atoms with van der Waals surface area (Å²) in [5, 5.41) is 2.12. The Kier molecular flexibility index (Phi) is 8.37. The molecule has 8 aromatic carbocycles. The third-order valence-corrected chi connectivity index (χ3v) is 10.8. The van der Waals surface area contributed by atoms with Crippen LogP contribution in [0, 0.1) is 0 Å². The van der Waals surface area contributed by atoms with Crippen LogP contribution in [0.4, 0.5) is 17.1 Å². The van der Waals surface area contributed by atoms with E-state index in [9.17, 15) is 0 Å². The van der Waals surface area contributed by atoms with E-state index in [1.807, 2.05) is 78.9 Å². The lowest BCUT2D eigenvalue weighted by atomic mass is 10.0. The first-order chi connectivity index (χ1) is 29.2. The van der Waals surface area contributed by atoms with Crippen molar-refractivity contribution in [3.05, 3.63) is 212 Å². The molecule has 0 saturated carbocycles. The van der Waals surface area contributed by atoms with E-state index in [1.54, 1.807) is 0 Å². The van der Waals surface area contributed by atoms with Crippen LogP contribution in [-0.4, -0.2) is 19.5 Å². The van der Waals surface area contributed by atoms with Crippen molar-refractivity contribution in [1.29, 1.82) is 0 Å². The molecule has 0 radical (unpaired) electrons. The summed E-state index contributed by atoms with van der Waals surface area (Å²) >= 11 is 0. The van der Waals surface area contributed by atoms with Crippen LogP contribution in [0.25, 0.3) is 83.9 Å². The van der Waals surface area contributed by atoms with E-state index in [-0.39, 0.29) is 0 Å². The van der Waals surface area contributed by atoms with Gasteiger partial charge in [0.2, 0.25) is 5.89 Å². The fourth-order valence-corrected chi connectivity index (χ4v) is 8.03. The first-order valence-corrected chi connectivity index (χ1v) is 19.7. The molecule has 3 aromatic heterocycles. The fourth-order valence-electron chi connectivity index (χ4n) is 8.03. The van der Waals surface area contributed by atoms with Crippen molar-refractivity contribution in [2.75, 3.05) is 4.90 Å². The summed E-state index contributed by atoms with van der Waals surface area (Å²) in [6.07, 6.45) is 0. The third-order valence-electron chi connectivity index (χ3n) is 10.8. The van der Waals surface area contributed by atoms with Crippen molar-refractivity contribution in [3.63, 3.8) is 0 Å². The number of nitrogens with zero attached hydrogens (tertiary/aromatic N) is 5. The lowest BCUT2D eigenvalue weighted by molar-refractivity contribution is 0.621. The monoisotopic (exact) mass is 757 g/mol. The molecule has 0 saturated heterocycles. The van der Waals surface area contributed by atoms with Crippen LogP contribution in [0.3, 0.4) is 0 Å². The second kappa shape index (κ2) is 14.4. The number of oxazole rings is 1. The van der Waals surface area contributed by atoms with Crippen LogP contribution in [0.15, 0.2) is 217 Å².